The number of imidazole rings is 1. The second-order valence-corrected chi connectivity index (χ2v) is 5.93. The molecule has 2 aliphatic rings. The number of nitrogens with two attached hydrogens (primary N) is 1. The van der Waals surface area contributed by atoms with Crippen LogP contribution in [0.5, 0.6) is 0 Å². The van der Waals surface area contributed by atoms with Gasteiger partial charge in [0.05, 0.1) is 0 Å². The van der Waals surface area contributed by atoms with E-state index in [2.05, 4.69) is 9.88 Å². The third kappa shape index (κ3) is 2.31. The van der Waals surface area contributed by atoms with Crippen molar-refractivity contribution in [1.29, 1.82) is 0 Å². The van der Waals surface area contributed by atoms with E-state index in [1.165, 1.54) is 19.0 Å². The topological polar surface area (TPSA) is 90.2 Å². The smallest absolute Gasteiger partial charge is 0.342 e. The average Bonchev–Trinajstić information content (AvgIpc) is 2.86. The molecule has 2 N–H and O–H groups in total. The van der Waals surface area contributed by atoms with Crippen molar-refractivity contribution in [3.05, 3.63) is 22.1 Å². The molecule has 0 radical (unpaired) electrons. The third-order valence-electron chi connectivity index (χ3n) is 4.72. The Morgan fingerprint density at radius 2 is 2.05 bits per heavy atom. The molecule has 0 aromatic carbocycles. The maximum atomic E-state index is 11.0. The van der Waals surface area contributed by atoms with Gasteiger partial charge in [0.2, 0.25) is 0 Å². The molecular weight excluding hydrogens is 258 g/mol. The van der Waals surface area contributed by atoms with E-state index >= 15 is 0 Å². The largest absolute Gasteiger partial charge is 0.358 e. The van der Waals surface area contributed by atoms with Gasteiger partial charge in [-0.05, 0) is 30.6 Å². The van der Waals surface area contributed by atoms with Crippen LogP contribution in [-0.4, -0.2) is 44.0 Å². The van der Waals surface area contributed by atoms with Crippen molar-refractivity contribution in [2.75, 3.05) is 6.54 Å². The Morgan fingerprint density at radius 1 is 1.40 bits per heavy atom. The van der Waals surface area contributed by atoms with Gasteiger partial charge < -0.3 is 15.8 Å². The zero-order valence-corrected chi connectivity index (χ0v) is 11.7. The predicted molar refractivity (Wildman–Crippen MR) is 74.3 cm³/mol. The highest BCUT2D eigenvalue weighted by atomic mass is 16.6. The molecule has 2 atom stereocenters. The summed E-state index contributed by atoms with van der Waals surface area (Å²) >= 11 is 0. The first-order valence-electron chi connectivity index (χ1n) is 7.24. The summed E-state index contributed by atoms with van der Waals surface area (Å²) in [6.07, 6.45) is 5.88. The van der Waals surface area contributed by atoms with E-state index in [1.807, 2.05) is 6.92 Å². The Bertz CT molecular complexity index is 501. The molecular formula is C13H21N5O2. The van der Waals surface area contributed by atoms with Crippen LogP contribution in [0.3, 0.4) is 0 Å². The summed E-state index contributed by atoms with van der Waals surface area (Å²) in [5, 5.41) is 11.0. The maximum absolute atomic E-state index is 11.0. The van der Waals surface area contributed by atoms with E-state index in [0.717, 1.165) is 19.4 Å². The van der Waals surface area contributed by atoms with Crippen molar-refractivity contribution in [1.82, 2.24) is 14.5 Å². The van der Waals surface area contributed by atoms with Gasteiger partial charge in [-0.1, -0.05) is 0 Å². The van der Waals surface area contributed by atoms with Gasteiger partial charge in [-0.15, -0.1) is 0 Å². The quantitative estimate of drug-likeness (QED) is 0.657. The fraction of sp³-hybridized carbons (Fsp3) is 0.769. The minimum Gasteiger partial charge on any atom is -0.358 e. The van der Waals surface area contributed by atoms with Crippen molar-refractivity contribution >= 4 is 5.82 Å². The Hall–Kier alpha value is -1.47. The summed E-state index contributed by atoms with van der Waals surface area (Å²) in [7, 11) is 0. The molecule has 2 fully saturated rings. The summed E-state index contributed by atoms with van der Waals surface area (Å²) in [5.74, 6) is 0.793. The lowest BCUT2D eigenvalue weighted by Crippen LogP contribution is -2.48. The Morgan fingerprint density at radius 3 is 2.65 bits per heavy atom. The van der Waals surface area contributed by atoms with Crippen LogP contribution in [0, 0.1) is 17.0 Å². The second-order valence-electron chi connectivity index (χ2n) is 5.93. The van der Waals surface area contributed by atoms with Crippen LogP contribution in [0.25, 0.3) is 0 Å². The lowest BCUT2D eigenvalue weighted by Gasteiger charge is -2.37. The van der Waals surface area contributed by atoms with Crippen molar-refractivity contribution in [2.24, 2.45) is 5.73 Å². The van der Waals surface area contributed by atoms with Crippen LogP contribution < -0.4 is 5.73 Å². The molecule has 20 heavy (non-hydrogen) atoms. The number of piperidine rings is 1. The molecule has 0 aliphatic carbocycles. The average molecular weight is 279 g/mol. The number of nitro groups is 1. The highest BCUT2D eigenvalue weighted by Gasteiger charge is 2.39. The number of nitrogens with zero attached hydrogens (tertiary/aromatic N) is 4. The van der Waals surface area contributed by atoms with E-state index in [9.17, 15) is 10.1 Å². The van der Waals surface area contributed by atoms with E-state index in [4.69, 9.17) is 5.73 Å². The molecule has 3 heterocycles. The van der Waals surface area contributed by atoms with Crippen LogP contribution in [0.15, 0.2) is 6.20 Å². The molecule has 2 bridgehead atoms. The standard InChI is InChI=1S/C13H21N5O2/c1-9-15-8-13(18(19)20)16(9)4-5-17-11-2-3-12(17)7-10(14)6-11/h8,10-12H,2-7,14H2,1H3. The van der Waals surface area contributed by atoms with Gasteiger partial charge in [0, 0.05) is 31.6 Å². The zero-order chi connectivity index (χ0) is 14.3. The summed E-state index contributed by atoms with van der Waals surface area (Å²) in [6, 6.07) is 1.45. The molecule has 3 rings (SSSR count). The zero-order valence-electron chi connectivity index (χ0n) is 11.7. The highest BCUT2D eigenvalue weighted by molar-refractivity contribution is 5.18. The van der Waals surface area contributed by atoms with Gasteiger partial charge in [-0.25, -0.2) is 9.55 Å². The van der Waals surface area contributed by atoms with Gasteiger partial charge >= 0.3 is 5.82 Å². The number of rotatable bonds is 4. The Labute approximate surface area is 117 Å². The summed E-state index contributed by atoms with van der Waals surface area (Å²) in [6.45, 7) is 3.29. The fourth-order valence-corrected chi connectivity index (χ4v) is 3.78. The van der Waals surface area contributed by atoms with E-state index < -0.39 is 0 Å². The van der Waals surface area contributed by atoms with Gasteiger partial charge in [0.1, 0.15) is 12.7 Å². The van der Waals surface area contributed by atoms with Crippen LogP contribution in [-0.2, 0) is 6.54 Å². The van der Waals surface area contributed by atoms with Gasteiger partial charge in [0.25, 0.3) is 0 Å². The molecule has 2 aliphatic heterocycles. The van der Waals surface area contributed by atoms with Crippen molar-refractivity contribution in [3.63, 3.8) is 0 Å². The Balaban J connectivity index is 1.69. The Kier molecular flexibility index (Phi) is 3.47. The highest BCUT2D eigenvalue weighted by Crippen LogP contribution is 2.34. The molecule has 0 spiro atoms. The normalized spacial score (nSPS) is 29.8. The SMILES string of the molecule is Cc1ncc([N+](=O)[O-])n1CCN1C2CCC1CC(N)C2. The molecule has 2 saturated heterocycles. The first-order valence-corrected chi connectivity index (χ1v) is 7.24. The molecule has 1 aromatic heterocycles. The second kappa shape index (κ2) is 5.14. The molecule has 1 aromatic rings. The summed E-state index contributed by atoms with van der Waals surface area (Å²) in [4.78, 5) is 17.2. The number of aryl methyl sites for hydroxylation is 1. The van der Waals surface area contributed by atoms with Crippen molar-refractivity contribution in [2.45, 2.75) is 57.3 Å². The van der Waals surface area contributed by atoms with Crippen LogP contribution in [0.4, 0.5) is 5.82 Å². The van der Waals surface area contributed by atoms with Crippen LogP contribution in [0.2, 0.25) is 0 Å². The minimum absolute atomic E-state index is 0.0866. The lowest BCUT2D eigenvalue weighted by atomic mass is 9.98. The summed E-state index contributed by atoms with van der Waals surface area (Å²) < 4.78 is 1.70. The molecule has 7 heteroatoms. The monoisotopic (exact) mass is 279 g/mol. The predicted octanol–water partition coefficient (Wildman–Crippen LogP) is 1.05. The van der Waals surface area contributed by atoms with E-state index in [-0.39, 0.29) is 10.7 Å². The summed E-state index contributed by atoms with van der Waals surface area (Å²) in [5.41, 5.74) is 6.07. The van der Waals surface area contributed by atoms with Crippen LogP contribution in [0.1, 0.15) is 31.5 Å². The minimum atomic E-state index is -0.360. The first-order chi connectivity index (χ1) is 9.56. The van der Waals surface area contributed by atoms with Gasteiger partial charge in [-0.2, -0.15) is 0 Å². The fourth-order valence-electron chi connectivity index (χ4n) is 3.78. The molecule has 7 nitrogen and oxygen atoms in total. The number of hydrogen-bond donors (Lipinski definition) is 1. The van der Waals surface area contributed by atoms with Gasteiger partial charge in [0.15, 0.2) is 5.82 Å². The third-order valence-corrected chi connectivity index (χ3v) is 4.72. The van der Waals surface area contributed by atoms with Crippen LogP contribution >= 0.6 is 0 Å². The molecule has 110 valence electrons. The van der Waals surface area contributed by atoms with Crippen molar-refractivity contribution < 1.29 is 4.92 Å². The lowest BCUT2D eigenvalue weighted by molar-refractivity contribution is -0.392. The molecule has 0 saturated carbocycles. The number of fused-ring (bicyclic) bond motifs is 2. The van der Waals surface area contributed by atoms with Gasteiger partial charge in [-0.3, -0.25) is 4.90 Å². The van der Waals surface area contributed by atoms with E-state index in [0.29, 0.717) is 30.5 Å². The maximum Gasteiger partial charge on any atom is 0.342 e. The molecule has 0 amide bonds. The number of hydrogen-bond acceptors (Lipinski definition) is 5. The van der Waals surface area contributed by atoms with Crippen molar-refractivity contribution in [3.8, 4) is 0 Å². The van der Waals surface area contributed by atoms with E-state index in [1.54, 1.807) is 4.57 Å². The number of aromatic nitrogens is 2. The molecule has 2 unspecified atom stereocenters. The first kappa shape index (κ1) is 13.5.